The van der Waals surface area contributed by atoms with Crippen LogP contribution in [0.15, 0.2) is 24.3 Å². The van der Waals surface area contributed by atoms with Crippen LogP contribution in [-0.2, 0) is 17.5 Å². The van der Waals surface area contributed by atoms with Gasteiger partial charge in [0.1, 0.15) is 0 Å². The van der Waals surface area contributed by atoms with E-state index in [-0.39, 0.29) is 18.4 Å². The Labute approximate surface area is 121 Å². The molecule has 0 radical (unpaired) electrons. The zero-order chi connectivity index (χ0) is 15.5. The van der Waals surface area contributed by atoms with Crippen molar-refractivity contribution < 1.29 is 18.0 Å². The minimum absolute atomic E-state index is 0.0331. The maximum absolute atomic E-state index is 12.7. The SMILES string of the molecule is NC(=O)C[C@H]1CCCCN1Cc1cccc(C(F)(F)F)c1. The fourth-order valence-corrected chi connectivity index (χ4v) is 2.81. The Morgan fingerprint density at radius 3 is 2.76 bits per heavy atom. The Balaban J connectivity index is 2.10. The lowest BCUT2D eigenvalue weighted by atomic mass is 9.98. The summed E-state index contributed by atoms with van der Waals surface area (Å²) in [5.41, 5.74) is 5.22. The van der Waals surface area contributed by atoms with E-state index in [1.54, 1.807) is 6.07 Å². The molecule has 1 amide bonds. The maximum Gasteiger partial charge on any atom is 0.416 e. The molecule has 0 bridgehead atoms. The molecule has 3 nitrogen and oxygen atoms in total. The van der Waals surface area contributed by atoms with Gasteiger partial charge in [0.15, 0.2) is 0 Å². The van der Waals surface area contributed by atoms with Gasteiger partial charge in [-0.3, -0.25) is 9.69 Å². The lowest BCUT2D eigenvalue weighted by Gasteiger charge is -2.35. The van der Waals surface area contributed by atoms with Gasteiger partial charge in [-0.2, -0.15) is 13.2 Å². The zero-order valence-corrected chi connectivity index (χ0v) is 11.7. The smallest absolute Gasteiger partial charge is 0.370 e. The Bertz CT molecular complexity index is 502. The number of carbonyl (C=O) groups excluding carboxylic acids is 1. The number of nitrogens with zero attached hydrogens (tertiary/aromatic N) is 1. The van der Waals surface area contributed by atoms with Crippen LogP contribution >= 0.6 is 0 Å². The molecule has 2 rings (SSSR count). The highest BCUT2D eigenvalue weighted by Gasteiger charge is 2.31. The van der Waals surface area contributed by atoms with Crippen molar-refractivity contribution in [3.8, 4) is 0 Å². The highest BCUT2D eigenvalue weighted by atomic mass is 19.4. The third-order valence-corrected chi connectivity index (χ3v) is 3.83. The van der Waals surface area contributed by atoms with Crippen molar-refractivity contribution in [1.29, 1.82) is 0 Å². The first-order valence-electron chi connectivity index (χ1n) is 7.05. The van der Waals surface area contributed by atoms with Crippen LogP contribution in [-0.4, -0.2) is 23.4 Å². The van der Waals surface area contributed by atoms with Gasteiger partial charge in [0.2, 0.25) is 5.91 Å². The molecule has 1 aliphatic heterocycles. The molecule has 6 heteroatoms. The average molecular weight is 300 g/mol. The summed E-state index contributed by atoms with van der Waals surface area (Å²) in [7, 11) is 0. The summed E-state index contributed by atoms with van der Waals surface area (Å²) < 4.78 is 38.2. The molecular weight excluding hydrogens is 281 g/mol. The second-order valence-electron chi connectivity index (χ2n) is 5.49. The monoisotopic (exact) mass is 300 g/mol. The number of rotatable bonds is 4. The van der Waals surface area contributed by atoms with E-state index in [2.05, 4.69) is 4.90 Å². The Kier molecular flexibility index (Phi) is 4.88. The van der Waals surface area contributed by atoms with E-state index in [9.17, 15) is 18.0 Å². The van der Waals surface area contributed by atoms with E-state index >= 15 is 0 Å². The molecule has 0 aliphatic carbocycles. The number of benzene rings is 1. The Morgan fingerprint density at radius 2 is 2.10 bits per heavy atom. The van der Waals surface area contributed by atoms with Gasteiger partial charge in [-0.1, -0.05) is 24.6 Å². The standard InChI is InChI=1S/C15H19F3N2O/c16-15(17,18)12-5-3-4-11(8-12)10-20-7-2-1-6-13(20)9-14(19)21/h3-5,8,13H,1-2,6-7,9-10H2,(H2,19,21)/t13-/m1/s1. The zero-order valence-electron chi connectivity index (χ0n) is 11.7. The van der Waals surface area contributed by atoms with Crippen molar-refractivity contribution in [2.45, 2.75) is 44.4 Å². The highest BCUT2D eigenvalue weighted by Crippen LogP contribution is 2.30. The second-order valence-corrected chi connectivity index (χ2v) is 5.49. The van der Waals surface area contributed by atoms with Gasteiger partial charge in [-0.25, -0.2) is 0 Å². The van der Waals surface area contributed by atoms with E-state index < -0.39 is 11.7 Å². The molecule has 1 aromatic rings. The van der Waals surface area contributed by atoms with Crippen molar-refractivity contribution in [3.63, 3.8) is 0 Å². The third kappa shape index (κ3) is 4.46. The molecule has 0 aromatic heterocycles. The predicted molar refractivity (Wildman–Crippen MR) is 73.3 cm³/mol. The quantitative estimate of drug-likeness (QED) is 0.929. The van der Waals surface area contributed by atoms with Gasteiger partial charge < -0.3 is 5.73 Å². The summed E-state index contributed by atoms with van der Waals surface area (Å²) in [6, 6.07) is 5.39. The van der Waals surface area contributed by atoms with E-state index in [4.69, 9.17) is 5.73 Å². The van der Waals surface area contributed by atoms with Crippen molar-refractivity contribution >= 4 is 5.91 Å². The van der Waals surface area contributed by atoms with Gasteiger partial charge >= 0.3 is 6.18 Å². The summed E-state index contributed by atoms with van der Waals surface area (Å²) in [6.45, 7) is 1.20. The first kappa shape index (κ1) is 15.8. The lowest BCUT2D eigenvalue weighted by molar-refractivity contribution is -0.137. The lowest BCUT2D eigenvalue weighted by Crippen LogP contribution is -2.41. The average Bonchev–Trinajstić information content (AvgIpc) is 2.40. The number of halogens is 3. The third-order valence-electron chi connectivity index (χ3n) is 3.83. The maximum atomic E-state index is 12.7. The van der Waals surface area contributed by atoms with Gasteiger partial charge in [-0.05, 0) is 31.0 Å². The molecule has 1 heterocycles. The van der Waals surface area contributed by atoms with Crippen molar-refractivity contribution in [2.75, 3.05) is 6.54 Å². The van der Waals surface area contributed by atoms with Crippen LogP contribution in [0.25, 0.3) is 0 Å². The molecule has 1 fully saturated rings. The molecule has 2 N–H and O–H groups in total. The molecular formula is C15H19F3N2O. The molecule has 1 aromatic carbocycles. The van der Waals surface area contributed by atoms with Gasteiger partial charge in [0.25, 0.3) is 0 Å². The van der Waals surface area contributed by atoms with Crippen molar-refractivity contribution in [1.82, 2.24) is 4.90 Å². The molecule has 0 spiro atoms. The fraction of sp³-hybridized carbons (Fsp3) is 0.533. The molecule has 1 aliphatic rings. The van der Waals surface area contributed by atoms with Crippen LogP contribution in [0.2, 0.25) is 0 Å². The molecule has 116 valence electrons. The second kappa shape index (κ2) is 6.47. The van der Waals surface area contributed by atoms with Gasteiger partial charge in [0.05, 0.1) is 5.56 Å². The number of alkyl halides is 3. The van der Waals surface area contributed by atoms with Crippen LogP contribution in [0.3, 0.4) is 0 Å². The van der Waals surface area contributed by atoms with Crippen LogP contribution in [0, 0.1) is 0 Å². The molecule has 21 heavy (non-hydrogen) atoms. The van der Waals surface area contributed by atoms with E-state index in [1.165, 1.54) is 12.1 Å². The molecule has 1 atom stereocenters. The largest absolute Gasteiger partial charge is 0.416 e. The number of primary amides is 1. The summed E-state index contributed by atoms with van der Waals surface area (Å²) in [5.74, 6) is -0.365. The van der Waals surface area contributed by atoms with Crippen LogP contribution < -0.4 is 5.73 Å². The minimum Gasteiger partial charge on any atom is -0.370 e. The van der Waals surface area contributed by atoms with Crippen LogP contribution in [0.4, 0.5) is 13.2 Å². The van der Waals surface area contributed by atoms with Gasteiger partial charge in [-0.15, -0.1) is 0 Å². The number of piperidine rings is 1. The number of hydrogen-bond acceptors (Lipinski definition) is 2. The molecule has 0 unspecified atom stereocenters. The molecule has 0 saturated carbocycles. The van der Waals surface area contributed by atoms with Crippen LogP contribution in [0.5, 0.6) is 0 Å². The van der Waals surface area contributed by atoms with E-state index in [0.717, 1.165) is 31.9 Å². The molecule has 1 saturated heterocycles. The van der Waals surface area contributed by atoms with E-state index in [0.29, 0.717) is 12.1 Å². The van der Waals surface area contributed by atoms with Gasteiger partial charge in [0, 0.05) is 19.0 Å². The van der Waals surface area contributed by atoms with E-state index in [1.807, 2.05) is 0 Å². The Hall–Kier alpha value is -1.56. The van der Waals surface area contributed by atoms with Crippen molar-refractivity contribution in [3.05, 3.63) is 35.4 Å². The minimum atomic E-state index is -4.33. The first-order chi connectivity index (χ1) is 9.86. The first-order valence-corrected chi connectivity index (χ1v) is 7.05. The normalized spacial score (nSPS) is 20.4. The number of nitrogens with two attached hydrogens (primary N) is 1. The van der Waals surface area contributed by atoms with Crippen LogP contribution in [0.1, 0.15) is 36.8 Å². The Morgan fingerprint density at radius 1 is 1.33 bits per heavy atom. The fourth-order valence-electron chi connectivity index (χ4n) is 2.81. The summed E-state index contributed by atoms with van der Waals surface area (Å²) in [6.07, 6.45) is -1.18. The predicted octanol–water partition coefficient (Wildman–Crippen LogP) is 2.94. The summed E-state index contributed by atoms with van der Waals surface area (Å²) >= 11 is 0. The summed E-state index contributed by atoms with van der Waals surface area (Å²) in [4.78, 5) is 13.2. The number of likely N-dealkylation sites (tertiary alicyclic amines) is 1. The number of carbonyl (C=O) groups is 1. The number of hydrogen-bond donors (Lipinski definition) is 1. The van der Waals surface area contributed by atoms with Crippen molar-refractivity contribution in [2.24, 2.45) is 5.73 Å². The summed E-state index contributed by atoms with van der Waals surface area (Å²) in [5, 5.41) is 0. The topological polar surface area (TPSA) is 46.3 Å². The number of amides is 1. The highest BCUT2D eigenvalue weighted by molar-refractivity contribution is 5.74.